The Morgan fingerprint density at radius 3 is 2.73 bits per heavy atom. The molecule has 138 valence electrons. The van der Waals surface area contributed by atoms with Crippen molar-refractivity contribution in [2.75, 3.05) is 43.5 Å². The number of amides is 1. The van der Waals surface area contributed by atoms with Crippen LogP contribution in [0.15, 0.2) is 42.1 Å². The van der Waals surface area contributed by atoms with Crippen molar-refractivity contribution in [3.8, 4) is 5.69 Å². The fourth-order valence-corrected chi connectivity index (χ4v) is 3.39. The molecule has 1 amide bonds. The molecule has 1 aliphatic heterocycles. The molecule has 0 atom stereocenters. The van der Waals surface area contributed by atoms with Crippen LogP contribution < -0.4 is 10.2 Å². The van der Waals surface area contributed by atoms with E-state index in [-0.39, 0.29) is 11.7 Å². The lowest BCUT2D eigenvalue weighted by Crippen LogP contribution is -2.37. The highest BCUT2D eigenvalue weighted by Gasteiger charge is 2.22. The average molecular weight is 373 g/mol. The first kappa shape index (κ1) is 18.5. The predicted molar refractivity (Wildman–Crippen MR) is 103 cm³/mol. The van der Waals surface area contributed by atoms with E-state index >= 15 is 0 Å². The first-order chi connectivity index (χ1) is 12.7. The summed E-state index contributed by atoms with van der Waals surface area (Å²) < 4.78 is 7.45. The van der Waals surface area contributed by atoms with Gasteiger partial charge in [-0.1, -0.05) is 35.5 Å². The molecule has 7 nitrogen and oxygen atoms in total. The molecule has 2 aromatic rings. The fraction of sp³-hybridized carbons (Fsp3) is 0.389. The molecule has 1 aromatic heterocycles. The van der Waals surface area contributed by atoms with Crippen LogP contribution in [0.2, 0.25) is 0 Å². The number of rotatable bonds is 7. The Morgan fingerprint density at radius 2 is 2.04 bits per heavy atom. The van der Waals surface area contributed by atoms with Gasteiger partial charge in [0.15, 0.2) is 5.16 Å². The molecule has 8 heteroatoms. The SMILES string of the molecule is C=CCNC(=O)CSc1nnc(N2CCOCC2)n1-c1ccc(C)cc1. The lowest BCUT2D eigenvalue weighted by atomic mass is 10.2. The lowest BCUT2D eigenvalue weighted by Gasteiger charge is -2.27. The topological polar surface area (TPSA) is 72.3 Å². The van der Waals surface area contributed by atoms with Crippen LogP contribution in [0.4, 0.5) is 5.95 Å². The molecule has 0 spiro atoms. The maximum absolute atomic E-state index is 11.9. The molecule has 0 saturated carbocycles. The second-order valence-corrected chi connectivity index (χ2v) is 6.88. The van der Waals surface area contributed by atoms with E-state index < -0.39 is 0 Å². The number of nitrogens with zero attached hydrogens (tertiary/aromatic N) is 4. The molecule has 2 heterocycles. The largest absolute Gasteiger partial charge is 0.378 e. The summed E-state index contributed by atoms with van der Waals surface area (Å²) in [7, 11) is 0. The van der Waals surface area contributed by atoms with Crippen LogP contribution in [0.25, 0.3) is 5.69 Å². The Morgan fingerprint density at radius 1 is 1.31 bits per heavy atom. The van der Waals surface area contributed by atoms with Gasteiger partial charge in [-0.25, -0.2) is 0 Å². The average Bonchev–Trinajstić information content (AvgIpc) is 3.10. The summed E-state index contributed by atoms with van der Waals surface area (Å²) in [4.78, 5) is 14.1. The van der Waals surface area contributed by atoms with Gasteiger partial charge in [-0.05, 0) is 19.1 Å². The molecule has 1 aliphatic rings. The molecule has 1 saturated heterocycles. The van der Waals surface area contributed by atoms with Gasteiger partial charge in [0.25, 0.3) is 0 Å². The summed E-state index contributed by atoms with van der Waals surface area (Å²) in [6, 6.07) is 8.21. The zero-order valence-electron chi connectivity index (χ0n) is 14.9. The molecule has 0 bridgehead atoms. The number of hydrogen-bond donors (Lipinski definition) is 1. The van der Waals surface area contributed by atoms with Gasteiger partial charge in [0.05, 0.1) is 24.7 Å². The molecular formula is C18H23N5O2S. The molecule has 0 aliphatic carbocycles. The number of carbonyl (C=O) groups is 1. The van der Waals surface area contributed by atoms with Gasteiger partial charge in [-0.3, -0.25) is 9.36 Å². The van der Waals surface area contributed by atoms with Crippen LogP contribution in [0.5, 0.6) is 0 Å². The minimum Gasteiger partial charge on any atom is -0.378 e. The number of thioether (sulfide) groups is 1. The zero-order chi connectivity index (χ0) is 18.4. The van der Waals surface area contributed by atoms with Crippen molar-refractivity contribution in [1.82, 2.24) is 20.1 Å². The van der Waals surface area contributed by atoms with Crippen molar-refractivity contribution < 1.29 is 9.53 Å². The first-order valence-corrected chi connectivity index (χ1v) is 9.53. The number of hydrogen-bond acceptors (Lipinski definition) is 6. The molecule has 1 aromatic carbocycles. The van der Waals surface area contributed by atoms with Crippen LogP contribution in [0, 0.1) is 6.92 Å². The maximum atomic E-state index is 11.9. The fourth-order valence-electron chi connectivity index (χ4n) is 2.61. The van der Waals surface area contributed by atoms with E-state index in [4.69, 9.17) is 4.74 Å². The molecule has 0 unspecified atom stereocenters. The van der Waals surface area contributed by atoms with Crippen LogP contribution in [0.3, 0.4) is 0 Å². The van der Waals surface area contributed by atoms with Crippen molar-refractivity contribution >= 4 is 23.6 Å². The minimum atomic E-state index is -0.0544. The second kappa shape index (κ2) is 8.86. The predicted octanol–water partition coefficient (Wildman–Crippen LogP) is 1.81. The quantitative estimate of drug-likeness (QED) is 0.589. The highest BCUT2D eigenvalue weighted by atomic mass is 32.2. The summed E-state index contributed by atoms with van der Waals surface area (Å²) in [5, 5.41) is 12.2. The highest BCUT2D eigenvalue weighted by molar-refractivity contribution is 7.99. The molecule has 1 N–H and O–H groups in total. The molecule has 26 heavy (non-hydrogen) atoms. The van der Waals surface area contributed by atoms with Crippen molar-refractivity contribution in [1.29, 1.82) is 0 Å². The van der Waals surface area contributed by atoms with E-state index in [0.29, 0.717) is 24.9 Å². The van der Waals surface area contributed by atoms with Crippen LogP contribution >= 0.6 is 11.8 Å². The molecule has 0 radical (unpaired) electrons. The van der Waals surface area contributed by atoms with Gasteiger partial charge in [-0.15, -0.1) is 16.8 Å². The highest BCUT2D eigenvalue weighted by Crippen LogP contribution is 2.27. The van der Waals surface area contributed by atoms with Crippen LogP contribution in [-0.4, -0.2) is 59.3 Å². The second-order valence-electron chi connectivity index (χ2n) is 5.93. The number of morpholine rings is 1. The van der Waals surface area contributed by atoms with Gasteiger partial charge in [-0.2, -0.15) is 0 Å². The van der Waals surface area contributed by atoms with Crippen molar-refractivity contribution in [2.24, 2.45) is 0 Å². The van der Waals surface area contributed by atoms with Crippen LogP contribution in [0.1, 0.15) is 5.56 Å². The Labute approximate surface area is 157 Å². The molecular weight excluding hydrogens is 350 g/mol. The summed E-state index contributed by atoms with van der Waals surface area (Å²) >= 11 is 1.37. The normalized spacial score (nSPS) is 14.3. The number of ether oxygens (including phenoxy) is 1. The number of anilines is 1. The first-order valence-electron chi connectivity index (χ1n) is 8.54. The van der Waals surface area contributed by atoms with Crippen molar-refractivity contribution in [2.45, 2.75) is 12.1 Å². The standard InChI is InChI=1S/C18H23N5O2S/c1-3-8-19-16(24)13-26-18-21-20-17(22-9-11-25-12-10-22)23(18)15-6-4-14(2)5-7-15/h3-7H,1,8-13H2,2H3,(H,19,24). The zero-order valence-corrected chi connectivity index (χ0v) is 15.7. The minimum absolute atomic E-state index is 0.0544. The van der Waals surface area contributed by atoms with E-state index in [1.807, 2.05) is 16.7 Å². The smallest absolute Gasteiger partial charge is 0.232 e. The third kappa shape index (κ3) is 4.44. The number of carbonyl (C=O) groups excluding carboxylic acids is 1. The Balaban J connectivity index is 1.86. The summed E-state index contributed by atoms with van der Waals surface area (Å²) in [5.74, 6) is 1.01. The number of aromatic nitrogens is 3. The van der Waals surface area contributed by atoms with E-state index in [0.717, 1.165) is 24.7 Å². The summed E-state index contributed by atoms with van der Waals surface area (Å²) in [6.45, 7) is 9.01. The number of nitrogens with one attached hydrogen (secondary N) is 1. The third-order valence-corrected chi connectivity index (χ3v) is 4.91. The van der Waals surface area contributed by atoms with Crippen molar-refractivity contribution in [3.05, 3.63) is 42.5 Å². The van der Waals surface area contributed by atoms with E-state index in [9.17, 15) is 4.79 Å². The van der Waals surface area contributed by atoms with Gasteiger partial charge in [0, 0.05) is 19.6 Å². The number of aryl methyl sites for hydroxylation is 1. The Bertz CT molecular complexity index is 753. The third-order valence-electron chi connectivity index (χ3n) is 3.98. The van der Waals surface area contributed by atoms with Gasteiger partial charge in [0.2, 0.25) is 11.9 Å². The van der Waals surface area contributed by atoms with E-state index in [2.05, 4.69) is 46.0 Å². The van der Waals surface area contributed by atoms with E-state index in [1.54, 1.807) is 6.08 Å². The van der Waals surface area contributed by atoms with E-state index in [1.165, 1.54) is 17.3 Å². The maximum Gasteiger partial charge on any atom is 0.232 e. The van der Waals surface area contributed by atoms with Gasteiger partial charge in [0.1, 0.15) is 0 Å². The summed E-state index contributed by atoms with van der Waals surface area (Å²) in [6.07, 6.45) is 1.66. The lowest BCUT2D eigenvalue weighted by molar-refractivity contribution is -0.118. The Kier molecular flexibility index (Phi) is 6.30. The van der Waals surface area contributed by atoms with Gasteiger partial charge < -0.3 is 15.0 Å². The molecule has 3 rings (SSSR count). The number of benzene rings is 1. The monoisotopic (exact) mass is 373 g/mol. The molecule has 1 fully saturated rings. The van der Waals surface area contributed by atoms with Crippen molar-refractivity contribution in [3.63, 3.8) is 0 Å². The van der Waals surface area contributed by atoms with Crippen LogP contribution in [-0.2, 0) is 9.53 Å². The van der Waals surface area contributed by atoms with Gasteiger partial charge >= 0.3 is 0 Å². The summed E-state index contributed by atoms with van der Waals surface area (Å²) in [5.41, 5.74) is 2.17. The Hall–Kier alpha value is -2.32.